The largest absolute Gasteiger partial charge is 0.454 e. The molecule has 88 valence electrons. The van der Waals surface area contributed by atoms with E-state index in [1.54, 1.807) is 6.07 Å². The number of nitrogens with two attached hydrogens (primary N) is 2. The van der Waals surface area contributed by atoms with Gasteiger partial charge < -0.3 is 16.2 Å². The van der Waals surface area contributed by atoms with Gasteiger partial charge in [0.05, 0.1) is 11.4 Å². The van der Waals surface area contributed by atoms with Gasteiger partial charge in [-0.2, -0.15) is 0 Å². The van der Waals surface area contributed by atoms with Crippen LogP contribution >= 0.6 is 0 Å². The SMILES string of the molecule is Cc1ccccc1Oc1ccc(N)c(N)c1F. The highest BCUT2D eigenvalue weighted by atomic mass is 19.1. The highest BCUT2D eigenvalue weighted by Gasteiger charge is 2.11. The van der Waals surface area contributed by atoms with E-state index in [1.807, 2.05) is 25.1 Å². The molecule has 0 aliphatic heterocycles. The van der Waals surface area contributed by atoms with Crippen LogP contribution in [0.3, 0.4) is 0 Å². The number of rotatable bonds is 2. The number of nitrogen functional groups attached to an aromatic ring is 2. The van der Waals surface area contributed by atoms with Gasteiger partial charge in [0, 0.05) is 0 Å². The first-order valence-corrected chi connectivity index (χ1v) is 5.16. The molecule has 0 saturated heterocycles. The molecule has 2 aromatic carbocycles. The maximum atomic E-state index is 13.7. The van der Waals surface area contributed by atoms with Crippen LogP contribution in [0.25, 0.3) is 0 Å². The third kappa shape index (κ3) is 2.15. The Labute approximate surface area is 98.8 Å². The minimum atomic E-state index is -0.631. The zero-order valence-corrected chi connectivity index (χ0v) is 9.41. The van der Waals surface area contributed by atoms with Crippen molar-refractivity contribution in [1.82, 2.24) is 0 Å². The van der Waals surface area contributed by atoms with E-state index in [1.165, 1.54) is 12.1 Å². The zero-order valence-electron chi connectivity index (χ0n) is 9.41. The van der Waals surface area contributed by atoms with Crippen LogP contribution in [-0.4, -0.2) is 0 Å². The van der Waals surface area contributed by atoms with Crippen molar-refractivity contribution < 1.29 is 9.13 Å². The smallest absolute Gasteiger partial charge is 0.190 e. The molecule has 2 aromatic rings. The standard InChI is InChI=1S/C13H13FN2O/c1-8-4-2-3-5-10(8)17-11-7-6-9(15)13(16)12(11)14/h2-7H,15-16H2,1H3. The fourth-order valence-corrected chi connectivity index (χ4v) is 1.46. The van der Waals surface area contributed by atoms with Crippen LogP contribution < -0.4 is 16.2 Å². The van der Waals surface area contributed by atoms with Crippen LogP contribution in [0.4, 0.5) is 15.8 Å². The maximum absolute atomic E-state index is 13.7. The van der Waals surface area contributed by atoms with Crippen molar-refractivity contribution in [2.24, 2.45) is 0 Å². The summed E-state index contributed by atoms with van der Waals surface area (Å²) >= 11 is 0. The van der Waals surface area contributed by atoms with Crippen molar-refractivity contribution in [2.75, 3.05) is 11.5 Å². The van der Waals surface area contributed by atoms with Crippen LogP contribution in [0.15, 0.2) is 36.4 Å². The Morgan fingerprint density at radius 3 is 2.41 bits per heavy atom. The number of hydrogen-bond acceptors (Lipinski definition) is 3. The summed E-state index contributed by atoms with van der Waals surface area (Å²) in [7, 11) is 0. The molecule has 0 fully saturated rings. The van der Waals surface area contributed by atoms with E-state index < -0.39 is 5.82 Å². The number of hydrogen-bond donors (Lipinski definition) is 2. The van der Waals surface area contributed by atoms with Gasteiger partial charge in [0.25, 0.3) is 0 Å². The molecule has 4 N–H and O–H groups in total. The fourth-order valence-electron chi connectivity index (χ4n) is 1.46. The summed E-state index contributed by atoms with van der Waals surface area (Å²) in [5.74, 6) is 0.0369. The van der Waals surface area contributed by atoms with Gasteiger partial charge in [-0.05, 0) is 30.7 Å². The predicted molar refractivity (Wildman–Crippen MR) is 66.5 cm³/mol. The molecule has 0 unspecified atom stereocenters. The summed E-state index contributed by atoms with van der Waals surface area (Å²) in [5.41, 5.74) is 12.0. The third-order valence-electron chi connectivity index (χ3n) is 2.49. The molecule has 0 amide bonds. The van der Waals surface area contributed by atoms with Gasteiger partial charge in [-0.25, -0.2) is 4.39 Å². The number of halogens is 1. The lowest BCUT2D eigenvalue weighted by Gasteiger charge is -2.11. The summed E-state index contributed by atoms with van der Waals surface area (Å²) < 4.78 is 19.2. The van der Waals surface area contributed by atoms with Crippen molar-refractivity contribution in [2.45, 2.75) is 6.92 Å². The van der Waals surface area contributed by atoms with Crippen molar-refractivity contribution in [3.63, 3.8) is 0 Å². The third-order valence-corrected chi connectivity index (χ3v) is 2.49. The van der Waals surface area contributed by atoms with Crippen molar-refractivity contribution in [3.8, 4) is 11.5 Å². The first-order chi connectivity index (χ1) is 8.09. The first kappa shape index (κ1) is 11.3. The van der Waals surface area contributed by atoms with Gasteiger partial charge in [-0.1, -0.05) is 18.2 Å². The van der Waals surface area contributed by atoms with Gasteiger partial charge in [0.2, 0.25) is 0 Å². The van der Waals surface area contributed by atoms with E-state index in [9.17, 15) is 4.39 Å². The lowest BCUT2D eigenvalue weighted by molar-refractivity contribution is 0.441. The molecule has 0 heterocycles. The number of anilines is 2. The van der Waals surface area contributed by atoms with E-state index in [4.69, 9.17) is 16.2 Å². The second kappa shape index (κ2) is 4.33. The Hall–Kier alpha value is -2.23. The molecule has 2 rings (SSSR count). The summed E-state index contributed by atoms with van der Waals surface area (Å²) in [6.45, 7) is 1.88. The minimum Gasteiger partial charge on any atom is -0.454 e. The monoisotopic (exact) mass is 232 g/mol. The number of para-hydroxylation sites is 1. The Balaban J connectivity index is 2.38. The van der Waals surface area contributed by atoms with Crippen LogP contribution in [0.2, 0.25) is 0 Å². The van der Waals surface area contributed by atoms with Crippen molar-refractivity contribution in [3.05, 3.63) is 47.8 Å². The molecular weight excluding hydrogens is 219 g/mol. The average Bonchev–Trinajstić information content (AvgIpc) is 2.32. The van der Waals surface area contributed by atoms with E-state index >= 15 is 0 Å². The van der Waals surface area contributed by atoms with Crippen LogP contribution in [0.1, 0.15) is 5.56 Å². The topological polar surface area (TPSA) is 61.3 Å². The Kier molecular flexibility index (Phi) is 2.87. The Morgan fingerprint density at radius 2 is 1.71 bits per heavy atom. The molecule has 17 heavy (non-hydrogen) atoms. The zero-order chi connectivity index (χ0) is 12.4. The highest BCUT2D eigenvalue weighted by molar-refractivity contribution is 5.66. The van der Waals surface area contributed by atoms with Gasteiger partial charge in [0.15, 0.2) is 11.6 Å². The second-order valence-corrected chi connectivity index (χ2v) is 3.75. The van der Waals surface area contributed by atoms with Crippen LogP contribution in [0, 0.1) is 12.7 Å². The number of aryl methyl sites for hydroxylation is 1. The summed E-state index contributed by atoms with van der Waals surface area (Å²) in [5, 5.41) is 0. The molecule has 4 heteroatoms. The van der Waals surface area contributed by atoms with Gasteiger partial charge in [0.1, 0.15) is 5.75 Å². The van der Waals surface area contributed by atoms with E-state index in [-0.39, 0.29) is 17.1 Å². The van der Waals surface area contributed by atoms with Gasteiger partial charge in [-0.15, -0.1) is 0 Å². The van der Waals surface area contributed by atoms with Crippen LogP contribution in [-0.2, 0) is 0 Å². The molecular formula is C13H13FN2O. The molecule has 0 aliphatic rings. The quantitative estimate of drug-likeness (QED) is 0.782. The summed E-state index contributed by atoms with van der Waals surface area (Å²) in [4.78, 5) is 0. The second-order valence-electron chi connectivity index (χ2n) is 3.75. The molecule has 0 aliphatic carbocycles. The normalized spacial score (nSPS) is 10.2. The fraction of sp³-hybridized carbons (Fsp3) is 0.0769. The number of benzene rings is 2. The van der Waals surface area contributed by atoms with Gasteiger partial charge >= 0.3 is 0 Å². The maximum Gasteiger partial charge on any atom is 0.190 e. The Morgan fingerprint density at radius 1 is 1.00 bits per heavy atom. The lowest BCUT2D eigenvalue weighted by Crippen LogP contribution is -2.00. The molecule has 0 atom stereocenters. The predicted octanol–water partition coefficient (Wildman–Crippen LogP) is 3.09. The molecule has 0 saturated carbocycles. The summed E-state index contributed by atoms with van der Waals surface area (Å²) in [6.07, 6.45) is 0. The van der Waals surface area contributed by atoms with E-state index in [0.29, 0.717) is 5.75 Å². The Bertz CT molecular complexity index is 555. The average molecular weight is 232 g/mol. The van der Waals surface area contributed by atoms with Crippen LogP contribution in [0.5, 0.6) is 11.5 Å². The lowest BCUT2D eigenvalue weighted by atomic mass is 10.2. The molecule has 3 nitrogen and oxygen atoms in total. The molecule has 0 radical (unpaired) electrons. The number of ether oxygens (including phenoxy) is 1. The van der Waals surface area contributed by atoms with E-state index in [2.05, 4.69) is 0 Å². The first-order valence-electron chi connectivity index (χ1n) is 5.16. The summed E-state index contributed by atoms with van der Waals surface area (Å²) in [6, 6.07) is 10.3. The minimum absolute atomic E-state index is 0.0750. The molecule has 0 spiro atoms. The van der Waals surface area contributed by atoms with Gasteiger partial charge in [-0.3, -0.25) is 0 Å². The molecule has 0 aromatic heterocycles. The highest BCUT2D eigenvalue weighted by Crippen LogP contribution is 2.32. The van der Waals surface area contributed by atoms with E-state index in [0.717, 1.165) is 5.56 Å². The molecule has 0 bridgehead atoms. The van der Waals surface area contributed by atoms with Crippen molar-refractivity contribution in [1.29, 1.82) is 0 Å². The van der Waals surface area contributed by atoms with Crippen molar-refractivity contribution >= 4 is 11.4 Å².